The first-order chi connectivity index (χ1) is 21.4. The molecule has 1 heterocycles. The van der Waals surface area contributed by atoms with Gasteiger partial charge in [0.05, 0.1) is 18.2 Å². The molecule has 4 atom stereocenters. The molecule has 2 aromatic rings. The fourth-order valence-corrected chi connectivity index (χ4v) is 5.74. The highest BCUT2D eigenvalue weighted by Gasteiger charge is 2.32. The maximum Gasteiger partial charge on any atom is 0.407 e. The quantitative estimate of drug-likeness (QED) is 0.231. The van der Waals surface area contributed by atoms with Gasteiger partial charge in [-0.2, -0.15) is 0 Å². The van der Waals surface area contributed by atoms with Gasteiger partial charge in [0.15, 0.2) is 0 Å². The van der Waals surface area contributed by atoms with Crippen molar-refractivity contribution in [1.82, 2.24) is 20.9 Å². The lowest BCUT2D eigenvalue weighted by atomic mass is 9.88. The minimum Gasteiger partial charge on any atom is -0.444 e. The molecule has 0 radical (unpaired) electrons. The summed E-state index contributed by atoms with van der Waals surface area (Å²) >= 11 is 0. The summed E-state index contributed by atoms with van der Waals surface area (Å²) in [5, 5.41) is 20.4. The van der Waals surface area contributed by atoms with Gasteiger partial charge >= 0.3 is 6.09 Å². The first-order valence-electron chi connectivity index (χ1n) is 16.5. The molecule has 3 amide bonds. The average Bonchev–Trinajstić information content (AvgIpc) is 2.99. The number of ether oxygens (including phenoxy) is 1. The minimum absolute atomic E-state index is 0.0226. The lowest BCUT2D eigenvalue weighted by Gasteiger charge is -2.30. The molecule has 1 saturated heterocycles. The van der Waals surface area contributed by atoms with Gasteiger partial charge in [0.2, 0.25) is 11.8 Å². The molecule has 1 aliphatic rings. The van der Waals surface area contributed by atoms with Crippen molar-refractivity contribution in [2.75, 3.05) is 26.2 Å². The molecule has 3 rings (SSSR count). The Hall–Kier alpha value is -3.27. The number of imide groups is 1. The molecule has 2 aromatic carbocycles. The number of hydrogen-bond acceptors (Lipinski definition) is 7. The topological polar surface area (TPSA) is 120 Å². The van der Waals surface area contributed by atoms with Crippen molar-refractivity contribution in [2.24, 2.45) is 11.8 Å². The van der Waals surface area contributed by atoms with E-state index < -0.39 is 41.7 Å². The summed E-state index contributed by atoms with van der Waals surface area (Å²) in [4.78, 5) is 42.3. The van der Waals surface area contributed by atoms with Crippen LogP contribution in [0.5, 0.6) is 0 Å². The van der Waals surface area contributed by atoms with Gasteiger partial charge in [-0.1, -0.05) is 80.9 Å². The molecular formula is C36H54N4O5. The summed E-state index contributed by atoms with van der Waals surface area (Å²) in [7, 11) is 0. The number of nitrogens with one attached hydrogen (secondary N) is 3. The van der Waals surface area contributed by atoms with Gasteiger partial charge in [0.25, 0.3) is 0 Å². The molecule has 9 heteroatoms. The van der Waals surface area contributed by atoms with Crippen molar-refractivity contribution < 1.29 is 24.2 Å². The van der Waals surface area contributed by atoms with E-state index in [2.05, 4.69) is 20.9 Å². The molecule has 0 spiro atoms. The van der Waals surface area contributed by atoms with Crippen molar-refractivity contribution >= 4 is 17.9 Å². The van der Waals surface area contributed by atoms with Gasteiger partial charge in [-0.15, -0.1) is 0 Å². The number of alkyl carbamates (subject to hydrolysis) is 1. The summed E-state index contributed by atoms with van der Waals surface area (Å²) < 4.78 is 5.48. The molecule has 0 saturated carbocycles. The smallest absolute Gasteiger partial charge is 0.407 e. The Bertz CT molecular complexity index is 1180. The largest absolute Gasteiger partial charge is 0.444 e. The first-order valence-corrected chi connectivity index (χ1v) is 16.5. The Morgan fingerprint density at radius 2 is 1.44 bits per heavy atom. The molecule has 1 unspecified atom stereocenters. The number of likely N-dealkylation sites (tertiary alicyclic amines) is 1. The SMILES string of the molecule is CC(C)[C@@H](NCCN1CCCCC1)C(=O)NC(=O)C(Cc1ccccc1)C[C@H](O)[C@H](Cc1ccccc1)NC(=O)OC(C)(C)C. The molecule has 0 aliphatic carbocycles. The molecular weight excluding hydrogens is 568 g/mol. The number of benzene rings is 2. The zero-order chi connectivity index (χ0) is 32.8. The van der Waals surface area contributed by atoms with Crippen molar-refractivity contribution in [3.63, 3.8) is 0 Å². The van der Waals surface area contributed by atoms with Crippen LogP contribution in [0.1, 0.15) is 71.4 Å². The summed E-state index contributed by atoms with van der Waals surface area (Å²) in [6, 6.07) is 17.9. The van der Waals surface area contributed by atoms with Crippen LogP contribution < -0.4 is 16.0 Å². The Balaban J connectivity index is 1.73. The molecule has 4 N–H and O–H groups in total. The van der Waals surface area contributed by atoms with Gasteiger partial charge < -0.3 is 25.4 Å². The molecule has 248 valence electrons. The fourth-order valence-electron chi connectivity index (χ4n) is 5.74. The predicted molar refractivity (Wildman–Crippen MR) is 178 cm³/mol. The van der Waals surface area contributed by atoms with Crippen LogP contribution in [0.25, 0.3) is 0 Å². The Morgan fingerprint density at radius 1 is 0.867 bits per heavy atom. The van der Waals surface area contributed by atoms with E-state index in [0.29, 0.717) is 19.4 Å². The maximum atomic E-state index is 13.7. The molecule has 0 aromatic heterocycles. The third-order valence-corrected chi connectivity index (χ3v) is 8.12. The Kier molecular flexibility index (Phi) is 14.5. The number of rotatable bonds is 15. The van der Waals surface area contributed by atoms with Gasteiger partial charge in [-0.3, -0.25) is 14.9 Å². The lowest BCUT2D eigenvalue weighted by molar-refractivity contribution is -0.135. The van der Waals surface area contributed by atoms with Crippen molar-refractivity contribution in [3.8, 4) is 0 Å². The third kappa shape index (κ3) is 13.3. The number of carbonyl (C=O) groups excluding carboxylic acids is 3. The number of piperidine rings is 1. The highest BCUT2D eigenvalue weighted by molar-refractivity contribution is 5.98. The Labute approximate surface area is 269 Å². The molecule has 45 heavy (non-hydrogen) atoms. The second-order valence-corrected chi connectivity index (χ2v) is 13.6. The lowest BCUT2D eigenvalue weighted by Crippen LogP contribution is -2.53. The number of amides is 3. The number of nitrogens with zero attached hydrogens (tertiary/aromatic N) is 1. The Morgan fingerprint density at radius 3 is 2.00 bits per heavy atom. The van der Waals surface area contributed by atoms with Crippen LogP contribution in [0.15, 0.2) is 60.7 Å². The maximum absolute atomic E-state index is 13.7. The van der Waals surface area contributed by atoms with Crippen molar-refractivity contribution in [3.05, 3.63) is 71.8 Å². The van der Waals surface area contributed by atoms with Gasteiger partial charge in [0, 0.05) is 19.0 Å². The van der Waals surface area contributed by atoms with Gasteiger partial charge in [0.1, 0.15) is 5.60 Å². The number of aliphatic hydroxyl groups is 1. The molecule has 1 aliphatic heterocycles. The second kappa shape index (κ2) is 18.0. The predicted octanol–water partition coefficient (Wildman–Crippen LogP) is 4.48. The highest BCUT2D eigenvalue weighted by Crippen LogP contribution is 2.20. The van der Waals surface area contributed by atoms with Gasteiger partial charge in [-0.25, -0.2) is 4.79 Å². The summed E-state index contributed by atoms with van der Waals surface area (Å²) in [5.74, 6) is -1.55. The first kappa shape index (κ1) is 36.2. The van der Waals surface area contributed by atoms with Crippen LogP contribution in [-0.4, -0.2) is 77.9 Å². The van der Waals surface area contributed by atoms with E-state index in [1.165, 1.54) is 19.3 Å². The van der Waals surface area contributed by atoms with E-state index >= 15 is 0 Å². The van der Waals surface area contributed by atoms with Crippen molar-refractivity contribution in [2.45, 2.75) is 96.9 Å². The van der Waals surface area contributed by atoms with E-state index in [1.54, 1.807) is 20.8 Å². The number of hydrogen-bond donors (Lipinski definition) is 4. The monoisotopic (exact) mass is 622 g/mol. The number of carbonyl (C=O) groups is 3. The van der Waals surface area contributed by atoms with Crippen LogP contribution in [0.4, 0.5) is 4.79 Å². The molecule has 0 bridgehead atoms. The fraction of sp³-hybridized carbons (Fsp3) is 0.583. The normalized spacial score (nSPS) is 16.8. The second-order valence-electron chi connectivity index (χ2n) is 13.6. The zero-order valence-electron chi connectivity index (χ0n) is 27.8. The van der Waals surface area contributed by atoms with Crippen molar-refractivity contribution in [1.29, 1.82) is 0 Å². The van der Waals surface area contributed by atoms with E-state index in [1.807, 2.05) is 74.5 Å². The van der Waals surface area contributed by atoms with Crippen LogP contribution in [0, 0.1) is 11.8 Å². The summed E-state index contributed by atoms with van der Waals surface area (Å²) in [6.07, 6.45) is 2.66. The highest BCUT2D eigenvalue weighted by atomic mass is 16.6. The average molecular weight is 623 g/mol. The molecule has 9 nitrogen and oxygen atoms in total. The van der Waals surface area contributed by atoms with E-state index in [-0.39, 0.29) is 18.2 Å². The number of aliphatic hydroxyl groups excluding tert-OH is 1. The molecule has 1 fully saturated rings. The van der Waals surface area contributed by atoms with Crippen LogP contribution in [-0.2, 0) is 27.2 Å². The van der Waals surface area contributed by atoms with Crippen LogP contribution in [0.3, 0.4) is 0 Å². The van der Waals surface area contributed by atoms with E-state index in [0.717, 1.165) is 30.8 Å². The standard InChI is InChI=1S/C36H54N4O5/c1-26(2)32(37-19-22-40-20-13-8-14-21-40)34(43)39-33(42)29(23-27-15-9-6-10-16-27)25-31(41)30(24-28-17-11-7-12-18-28)38-35(44)45-36(3,4)5/h6-7,9-12,15-18,26,29-32,37,41H,8,13-14,19-25H2,1-5H3,(H,38,44)(H,39,42,43)/t29?,30-,31-,32+/m0/s1. The zero-order valence-corrected chi connectivity index (χ0v) is 27.8. The van der Waals surface area contributed by atoms with Crippen LogP contribution in [0.2, 0.25) is 0 Å². The summed E-state index contributed by atoms with van der Waals surface area (Å²) in [6.45, 7) is 12.9. The van der Waals surface area contributed by atoms with E-state index in [4.69, 9.17) is 4.74 Å². The third-order valence-electron chi connectivity index (χ3n) is 8.12. The summed E-state index contributed by atoms with van der Waals surface area (Å²) in [5.41, 5.74) is 1.13. The van der Waals surface area contributed by atoms with Crippen LogP contribution >= 0.6 is 0 Å². The minimum atomic E-state index is -1.09. The van der Waals surface area contributed by atoms with E-state index in [9.17, 15) is 19.5 Å². The van der Waals surface area contributed by atoms with Gasteiger partial charge in [-0.05, 0) is 83.0 Å².